The van der Waals surface area contributed by atoms with Gasteiger partial charge < -0.3 is 5.73 Å². The molecule has 1 aliphatic rings. The van der Waals surface area contributed by atoms with E-state index < -0.39 is 0 Å². The minimum atomic E-state index is 0.275. The summed E-state index contributed by atoms with van der Waals surface area (Å²) in [7, 11) is 0. The van der Waals surface area contributed by atoms with Crippen LogP contribution in [0.1, 0.15) is 37.0 Å². The van der Waals surface area contributed by atoms with Crippen molar-refractivity contribution in [3.8, 4) is 0 Å². The fraction of sp³-hybridized carbons (Fsp3) is 0.692. The first kappa shape index (κ1) is 13.7. The summed E-state index contributed by atoms with van der Waals surface area (Å²) in [6.07, 6.45) is 8.00. The lowest BCUT2D eigenvalue weighted by molar-refractivity contribution is 0.515. The highest BCUT2D eigenvalue weighted by Gasteiger charge is 2.15. The summed E-state index contributed by atoms with van der Waals surface area (Å²) in [5.41, 5.74) is 6.17. The summed E-state index contributed by atoms with van der Waals surface area (Å²) in [6.45, 7) is 0. The predicted octanol–water partition coefficient (Wildman–Crippen LogP) is 4.34. The number of halogens is 1. The molecule has 1 aromatic heterocycles. The van der Waals surface area contributed by atoms with Crippen LogP contribution in [0.25, 0.3) is 0 Å². The van der Waals surface area contributed by atoms with Gasteiger partial charge in [0, 0.05) is 21.9 Å². The second-order valence-electron chi connectivity index (χ2n) is 4.76. The number of hydrogen-bond donors (Lipinski definition) is 1. The van der Waals surface area contributed by atoms with Crippen molar-refractivity contribution in [2.75, 3.05) is 5.75 Å². The Morgan fingerprint density at radius 1 is 1.35 bits per heavy atom. The topological polar surface area (TPSA) is 26.0 Å². The van der Waals surface area contributed by atoms with Gasteiger partial charge in [-0.05, 0) is 31.4 Å². The van der Waals surface area contributed by atoms with Crippen molar-refractivity contribution in [2.45, 2.75) is 49.8 Å². The zero-order valence-electron chi connectivity index (χ0n) is 10.0. The molecular formula is C13H20ClNS2. The summed E-state index contributed by atoms with van der Waals surface area (Å²) in [4.78, 5) is 1.31. The van der Waals surface area contributed by atoms with Crippen LogP contribution < -0.4 is 5.73 Å². The molecule has 1 saturated carbocycles. The average Bonchev–Trinajstić information content (AvgIpc) is 2.73. The van der Waals surface area contributed by atoms with Gasteiger partial charge in [0.25, 0.3) is 0 Å². The Kier molecular flexibility index (Phi) is 5.67. The predicted molar refractivity (Wildman–Crippen MR) is 80.3 cm³/mol. The van der Waals surface area contributed by atoms with E-state index in [1.807, 2.05) is 6.07 Å². The Balaban J connectivity index is 1.68. The summed E-state index contributed by atoms with van der Waals surface area (Å²) in [5, 5.41) is 0.863. The maximum Gasteiger partial charge on any atom is 0.0931 e. The van der Waals surface area contributed by atoms with Crippen molar-refractivity contribution in [1.29, 1.82) is 0 Å². The molecule has 0 aliphatic heterocycles. The molecule has 17 heavy (non-hydrogen) atoms. The average molecular weight is 290 g/mol. The van der Waals surface area contributed by atoms with Crippen LogP contribution in [0.5, 0.6) is 0 Å². The third kappa shape index (κ3) is 4.82. The molecule has 0 bridgehead atoms. The molecule has 1 fully saturated rings. The largest absolute Gasteiger partial charge is 0.327 e. The first-order valence-electron chi connectivity index (χ1n) is 6.35. The van der Waals surface area contributed by atoms with Gasteiger partial charge in [-0.1, -0.05) is 30.9 Å². The van der Waals surface area contributed by atoms with E-state index in [0.29, 0.717) is 0 Å². The molecule has 0 spiro atoms. The smallest absolute Gasteiger partial charge is 0.0931 e. The zero-order valence-corrected chi connectivity index (χ0v) is 12.4. The summed E-state index contributed by atoms with van der Waals surface area (Å²) >= 11 is 9.65. The highest BCUT2D eigenvalue weighted by atomic mass is 35.5. The van der Waals surface area contributed by atoms with E-state index in [-0.39, 0.29) is 6.04 Å². The third-order valence-corrected chi connectivity index (χ3v) is 6.01. The van der Waals surface area contributed by atoms with Gasteiger partial charge in [0.1, 0.15) is 0 Å². The Labute approximate surface area is 117 Å². The van der Waals surface area contributed by atoms with Gasteiger partial charge in [0.2, 0.25) is 0 Å². The van der Waals surface area contributed by atoms with Crippen LogP contribution in [0.3, 0.4) is 0 Å². The third-order valence-electron chi connectivity index (χ3n) is 3.19. The van der Waals surface area contributed by atoms with Crippen LogP contribution in [-0.4, -0.2) is 17.0 Å². The number of rotatable bonds is 5. The number of hydrogen-bond acceptors (Lipinski definition) is 3. The van der Waals surface area contributed by atoms with Gasteiger partial charge >= 0.3 is 0 Å². The lowest BCUT2D eigenvalue weighted by Gasteiger charge is -2.22. The zero-order chi connectivity index (χ0) is 12.1. The van der Waals surface area contributed by atoms with E-state index in [0.717, 1.165) is 21.8 Å². The first-order valence-corrected chi connectivity index (χ1v) is 8.60. The number of thiophene rings is 1. The van der Waals surface area contributed by atoms with Gasteiger partial charge in [-0.3, -0.25) is 0 Å². The van der Waals surface area contributed by atoms with Crippen molar-refractivity contribution in [3.05, 3.63) is 21.3 Å². The number of nitrogens with two attached hydrogens (primary N) is 1. The maximum absolute atomic E-state index is 6.17. The van der Waals surface area contributed by atoms with Crippen molar-refractivity contribution < 1.29 is 0 Å². The van der Waals surface area contributed by atoms with Crippen LogP contribution in [0.4, 0.5) is 0 Å². The molecule has 1 nitrogen and oxygen atoms in total. The first-order chi connectivity index (χ1) is 8.24. The molecule has 0 saturated heterocycles. The lowest BCUT2D eigenvalue weighted by atomic mass is 10.0. The van der Waals surface area contributed by atoms with Crippen LogP contribution in [0.15, 0.2) is 12.1 Å². The maximum atomic E-state index is 6.17. The van der Waals surface area contributed by atoms with Gasteiger partial charge in [0.15, 0.2) is 0 Å². The van der Waals surface area contributed by atoms with Crippen molar-refractivity contribution in [2.24, 2.45) is 5.73 Å². The van der Waals surface area contributed by atoms with Gasteiger partial charge in [-0.2, -0.15) is 11.8 Å². The molecule has 1 aromatic rings. The van der Waals surface area contributed by atoms with E-state index in [4.69, 9.17) is 17.3 Å². The monoisotopic (exact) mass is 289 g/mol. The quantitative estimate of drug-likeness (QED) is 0.873. The summed E-state index contributed by atoms with van der Waals surface area (Å²) < 4.78 is 0.868. The van der Waals surface area contributed by atoms with Crippen molar-refractivity contribution in [3.63, 3.8) is 0 Å². The van der Waals surface area contributed by atoms with Gasteiger partial charge in [-0.15, -0.1) is 11.3 Å². The fourth-order valence-electron chi connectivity index (χ4n) is 2.27. The summed E-state index contributed by atoms with van der Waals surface area (Å²) in [5.74, 6) is 1.08. The van der Waals surface area contributed by atoms with Gasteiger partial charge in [-0.25, -0.2) is 0 Å². The molecule has 0 amide bonds. The van der Waals surface area contributed by atoms with Gasteiger partial charge in [0.05, 0.1) is 4.34 Å². The lowest BCUT2D eigenvalue weighted by Crippen LogP contribution is -2.26. The van der Waals surface area contributed by atoms with E-state index in [1.54, 1.807) is 11.3 Å². The summed E-state index contributed by atoms with van der Waals surface area (Å²) in [6, 6.07) is 4.33. The Morgan fingerprint density at radius 2 is 2.12 bits per heavy atom. The van der Waals surface area contributed by atoms with E-state index in [9.17, 15) is 0 Å². The Morgan fingerprint density at radius 3 is 2.76 bits per heavy atom. The fourth-order valence-corrected chi connectivity index (χ4v) is 4.75. The molecule has 1 heterocycles. The second-order valence-corrected chi connectivity index (χ2v) is 7.90. The molecular weight excluding hydrogens is 270 g/mol. The van der Waals surface area contributed by atoms with Crippen LogP contribution >= 0.6 is 34.7 Å². The standard InChI is InChI=1S/C13H20ClNS2/c14-13-7-6-12(17-13)8-10(15)9-16-11-4-2-1-3-5-11/h6-7,10-11H,1-5,8-9,15H2. The minimum Gasteiger partial charge on any atom is -0.327 e. The van der Waals surface area contributed by atoms with E-state index >= 15 is 0 Å². The molecule has 2 N–H and O–H groups in total. The molecule has 0 radical (unpaired) electrons. The van der Waals surface area contributed by atoms with Crippen molar-refractivity contribution in [1.82, 2.24) is 0 Å². The molecule has 0 aromatic carbocycles. The van der Waals surface area contributed by atoms with Crippen LogP contribution in [0.2, 0.25) is 4.34 Å². The van der Waals surface area contributed by atoms with Crippen molar-refractivity contribution >= 4 is 34.7 Å². The normalized spacial score (nSPS) is 19.4. The SMILES string of the molecule is NC(CSC1CCCCC1)Cc1ccc(Cl)s1. The molecule has 1 atom stereocenters. The molecule has 96 valence electrons. The molecule has 4 heteroatoms. The minimum absolute atomic E-state index is 0.275. The second kappa shape index (κ2) is 7.03. The molecule has 2 rings (SSSR count). The Hall–Kier alpha value is 0.300. The molecule has 1 unspecified atom stereocenters. The highest BCUT2D eigenvalue weighted by Crippen LogP contribution is 2.29. The Bertz CT molecular complexity index is 334. The number of thioether (sulfide) groups is 1. The molecule has 1 aliphatic carbocycles. The van der Waals surface area contributed by atoms with E-state index in [2.05, 4.69) is 17.8 Å². The van der Waals surface area contributed by atoms with Crippen LogP contribution in [-0.2, 0) is 6.42 Å². The van der Waals surface area contributed by atoms with E-state index in [1.165, 1.54) is 37.0 Å². The van der Waals surface area contributed by atoms with Crippen LogP contribution in [0, 0.1) is 0 Å². The highest BCUT2D eigenvalue weighted by molar-refractivity contribution is 7.99.